The van der Waals surface area contributed by atoms with Gasteiger partial charge in [-0.25, -0.2) is 0 Å². The SMILES string of the molecule is COc1ccccc1CCCN(Cc1ccc(CC(=O)O)cc1)C(=O)c1cc(OC)c(C)c(OC)c1. The molecule has 0 heterocycles. The molecule has 0 aliphatic heterocycles. The van der Waals surface area contributed by atoms with E-state index in [1.54, 1.807) is 50.5 Å². The van der Waals surface area contributed by atoms with Gasteiger partial charge in [-0.15, -0.1) is 0 Å². The van der Waals surface area contributed by atoms with Gasteiger partial charge in [0.1, 0.15) is 17.2 Å². The second-order valence-electron chi connectivity index (χ2n) is 8.53. The van der Waals surface area contributed by atoms with E-state index >= 15 is 0 Å². The van der Waals surface area contributed by atoms with Crippen molar-refractivity contribution in [3.8, 4) is 17.2 Å². The zero-order valence-corrected chi connectivity index (χ0v) is 21.2. The van der Waals surface area contributed by atoms with Crippen LogP contribution in [0.2, 0.25) is 0 Å². The van der Waals surface area contributed by atoms with Crippen molar-refractivity contribution in [2.75, 3.05) is 27.9 Å². The summed E-state index contributed by atoms with van der Waals surface area (Å²) in [5.41, 5.74) is 4.03. The Labute approximate surface area is 212 Å². The molecule has 0 saturated carbocycles. The topological polar surface area (TPSA) is 85.3 Å². The molecule has 0 bridgehead atoms. The van der Waals surface area contributed by atoms with E-state index in [0.29, 0.717) is 35.7 Å². The molecule has 0 fully saturated rings. The molecule has 0 radical (unpaired) electrons. The maximum atomic E-state index is 13.7. The highest BCUT2D eigenvalue weighted by Crippen LogP contribution is 2.30. The number of para-hydroxylation sites is 1. The van der Waals surface area contributed by atoms with Crippen LogP contribution in [0.3, 0.4) is 0 Å². The van der Waals surface area contributed by atoms with Crippen molar-refractivity contribution in [3.63, 3.8) is 0 Å². The number of aliphatic carboxylic acids is 1. The van der Waals surface area contributed by atoms with Crippen LogP contribution < -0.4 is 14.2 Å². The van der Waals surface area contributed by atoms with Crippen LogP contribution in [-0.2, 0) is 24.2 Å². The van der Waals surface area contributed by atoms with Crippen LogP contribution in [0.1, 0.15) is 39.0 Å². The van der Waals surface area contributed by atoms with E-state index in [9.17, 15) is 9.59 Å². The first kappa shape index (κ1) is 26.6. The van der Waals surface area contributed by atoms with Crippen molar-refractivity contribution >= 4 is 11.9 Å². The molecule has 0 saturated heterocycles. The lowest BCUT2D eigenvalue weighted by Crippen LogP contribution is -2.32. The Bertz CT molecular complexity index is 1160. The highest BCUT2D eigenvalue weighted by atomic mass is 16.5. The second kappa shape index (κ2) is 12.6. The summed E-state index contributed by atoms with van der Waals surface area (Å²) in [5.74, 6) is 0.992. The Hall–Kier alpha value is -4.00. The zero-order valence-electron chi connectivity index (χ0n) is 21.2. The van der Waals surface area contributed by atoms with Gasteiger partial charge in [0.25, 0.3) is 5.91 Å². The normalized spacial score (nSPS) is 10.6. The fraction of sp³-hybridized carbons (Fsp3) is 0.310. The molecule has 7 nitrogen and oxygen atoms in total. The lowest BCUT2D eigenvalue weighted by Gasteiger charge is -2.24. The van der Waals surface area contributed by atoms with Crippen molar-refractivity contribution in [3.05, 3.63) is 88.5 Å². The molecule has 3 aromatic rings. The zero-order chi connectivity index (χ0) is 26.1. The Morgan fingerprint density at radius 3 is 2.00 bits per heavy atom. The average molecular weight is 492 g/mol. The minimum Gasteiger partial charge on any atom is -0.496 e. The van der Waals surface area contributed by atoms with Gasteiger partial charge in [0.05, 0.1) is 27.8 Å². The molecular weight excluding hydrogens is 458 g/mol. The third-order valence-corrected chi connectivity index (χ3v) is 6.10. The Morgan fingerprint density at radius 1 is 0.833 bits per heavy atom. The number of rotatable bonds is 12. The first-order chi connectivity index (χ1) is 17.4. The number of methoxy groups -OCH3 is 3. The van der Waals surface area contributed by atoms with E-state index < -0.39 is 5.97 Å². The second-order valence-corrected chi connectivity index (χ2v) is 8.53. The van der Waals surface area contributed by atoms with E-state index in [2.05, 4.69) is 0 Å². The number of carbonyl (C=O) groups excluding carboxylic acids is 1. The van der Waals surface area contributed by atoms with Crippen LogP contribution in [0.25, 0.3) is 0 Å². The number of benzene rings is 3. The maximum Gasteiger partial charge on any atom is 0.307 e. The number of carbonyl (C=O) groups is 2. The van der Waals surface area contributed by atoms with Gasteiger partial charge in [-0.3, -0.25) is 9.59 Å². The highest BCUT2D eigenvalue weighted by molar-refractivity contribution is 5.95. The van der Waals surface area contributed by atoms with Gasteiger partial charge in [-0.1, -0.05) is 42.5 Å². The van der Waals surface area contributed by atoms with Gasteiger partial charge in [-0.05, 0) is 54.7 Å². The summed E-state index contributed by atoms with van der Waals surface area (Å²) in [4.78, 5) is 26.5. The van der Waals surface area contributed by atoms with Crippen LogP contribution in [0, 0.1) is 6.92 Å². The van der Waals surface area contributed by atoms with Gasteiger partial charge in [0.2, 0.25) is 0 Å². The molecule has 36 heavy (non-hydrogen) atoms. The van der Waals surface area contributed by atoms with Crippen molar-refractivity contribution in [1.82, 2.24) is 4.90 Å². The largest absolute Gasteiger partial charge is 0.496 e. The molecule has 3 rings (SSSR count). The number of ether oxygens (including phenoxy) is 3. The predicted molar refractivity (Wildman–Crippen MR) is 138 cm³/mol. The van der Waals surface area contributed by atoms with Crippen LogP contribution in [0.15, 0.2) is 60.7 Å². The molecule has 0 aromatic heterocycles. The summed E-state index contributed by atoms with van der Waals surface area (Å²) in [7, 11) is 4.79. The first-order valence-electron chi connectivity index (χ1n) is 11.8. The Balaban J connectivity index is 1.84. The number of hydrogen-bond donors (Lipinski definition) is 1. The summed E-state index contributed by atoms with van der Waals surface area (Å²) in [6.45, 7) is 2.79. The van der Waals surface area contributed by atoms with Crippen LogP contribution in [0.5, 0.6) is 17.2 Å². The average Bonchev–Trinajstić information content (AvgIpc) is 2.88. The lowest BCUT2D eigenvalue weighted by atomic mass is 10.1. The molecule has 190 valence electrons. The van der Waals surface area contributed by atoms with Gasteiger partial charge in [-0.2, -0.15) is 0 Å². The number of carboxylic acids is 1. The lowest BCUT2D eigenvalue weighted by molar-refractivity contribution is -0.136. The van der Waals surface area contributed by atoms with Crippen molar-refractivity contribution < 1.29 is 28.9 Å². The molecule has 0 aliphatic rings. The molecule has 7 heteroatoms. The molecule has 0 spiro atoms. The highest BCUT2D eigenvalue weighted by Gasteiger charge is 2.20. The predicted octanol–water partition coefficient (Wildman–Crippen LogP) is 4.92. The number of amides is 1. The van der Waals surface area contributed by atoms with Crippen LogP contribution in [-0.4, -0.2) is 49.8 Å². The summed E-state index contributed by atoms with van der Waals surface area (Å²) in [6, 6.07) is 18.7. The fourth-order valence-electron chi connectivity index (χ4n) is 4.17. The van der Waals surface area contributed by atoms with Crippen LogP contribution in [0.4, 0.5) is 0 Å². The Kier molecular flexibility index (Phi) is 9.33. The van der Waals surface area contributed by atoms with E-state index in [4.69, 9.17) is 19.3 Å². The number of aryl methyl sites for hydroxylation is 1. The van der Waals surface area contributed by atoms with Crippen LogP contribution >= 0.6 is 0 Å². The molecular formula is C29H33NO6. The van der Waals surface area contributed by atoms with E-state index in [1.807, 2.05) is 43.3 Å². The van der Waals surface area contributed by atoms with E-state index in [0.717, 1.165) is 35.3 Å². The minimum absolute atomic E-state index is 0.0369. The fourth-order valence-corrected chi connectivity index (χ4v) is 4.17. The monoisotopic (exact) mass is 491 g/mol. The maximum absolute atomic E-state index is 13.7. The third kappa shape index (κ3) is 6.78. The van der Waals surface area contributed by atoms with Crippen molar-refractivity contribution in [2.24, 2.45) is 0 Å². The quantitative estimate of drug-likeness (QED) is 0.387. The van der Waals surface area contributed by atoms with E-state index in [-0.39, 0.29) is 12.3 Å². The first-order valence-corrected chi connectivity index (χ1v) is 11.8. The summed E-state index contributed by atoms with van der Waals surface area (Å²) in [5, 5.41) is 9.03. The third-order valence-electron chi connectivity index (χ3n) is 6.10. The summed E-state index contributed by atoms with van der Waals surface area (Å²) in [6.07, 6.45) is 1.46. The summed E-state index contributed by atoms with van der Waals surface area (Å²) >= 11 is 0. The Morgan fingerprint density at radius 2 is 1.42 bits per heavy atom. The molecule has 1 N–H and O–H groups in total. The van der Waals surface area contributed by atoms with E-state index in [1.165, 1.54) is 0 Å². The van der Waals surface area contributed by atoms with Gasteiger partial charge < -0.3 is 24.2 Å². The number of carboxylic acid groups (broad SMARTS) is 1. The standard InChI is InChI=1S/C29H33NO6/c1-20-26(35-3)17-24(18-27(20)36-4)29(33)30(15-7-9-23-8-5-6-10-25(23)34-2)19-22-13-11-21(12-14-22)16-28(31)32/h5-6,8,10-14,17-18H,7,9,15-16,19H2,1-4H3,(H,31,32). The molecule has 0 unspecified atom stereocenters. The van der Waals surface area contributed by atoms with Gasteiger partial charge in [0, 0.05) is 24.2 Å². The van der Waals surface area contributed by atoms with Gasteiger partial charge >= 0.3 is 5.97 Å². The minimum atomic E-state index is -0.877. The number of nitrogens with zero attached hydrogens (tertiary/aromatic N) is 1. The molecule has 0 atom stereocenters. The van der Waals surface area contributed by atoms with Crippen molar-refractivity contribution in [1.29, 1.82) is 0 Å². The molecule has 1 amide bonds. The van der Waals surface area contributed by atoms with Crippen molar-refractivity contribution in [2.45, 2.75) is 32.7 Å². The molecule has 0 aliphatic carbocycles. The summed E-state index contributed by atoms with van der Waals surface area (Å²) < 4.78 is 16.4. The smallest absolute Gasteiger partial charge is 0.307 e. The van der Waals surface area contributed by atoms with Gasteiger partial charge in [0.15, 0.2) is 0 Å². The molecule has 3 aromatic carbocycles. The number of hydrogen-bond acceptors (Lipinski definition) is 5.